The van der Waals surface area contributed by atoms with Crippen molar-refractivity contribution in [1.29, 1.82) is 0 Å². The zero-order valence-corrected chi connectivity index (χ0v) is 20.0. The number of nitrogens with zero attached hydrogens (tertiary/aromatic N) is 1. The molecule has 1 amide bonds. The van der Waals surface area contributed by atoms with Gasteiger partial charge >= 0.3 is 6.09 Å². The van der Waals surface area contributed by atoms with E-state index >= 15 is 0 Å². The molecule has 0 atom stereocenters. The van der Waals surface area contributed by atoms with Crippen molar-refractivity contribution < 1.29 is 9.53 Å². The number of hydrogen-bond acceptors (Lipinski definition) is 2. The van der Waals surface area contributed by atoms with Gasteiger partial charge in [0.1, 0.15) is 5.75 Å². The summed E-state index contributed by atoms with van der Waals surface area (Å²) in [6, 6.07) is 28.4. The van der Waals surface area contributed by atoms with Gasteiger partial charge in [-0.1, -0.05) is 93.6 Å². The highest BCUT2D eigenvalue weighted by molar-refractivity contribution is 5.72. The second kappa shape index (κ2) is 10.2. The molecule has 1 aliphatic rings. The zero-order valence-electron chi connectivity index (χ0n) is 20.0. The second-order valence-electron chi connectivity index (χ2n) is 10.2. The van der Waals surface area contributed by atoms with Crippen LogP contribution in [0.15, 0.2) is 84.9 Å². The molecule has 4 rings (SSSR count). The summed E-state index contributed by atoms with van der Waals surface area (Å²) in [6.45, 7) is 7.56. The summed E-state index contributed by atoms with van der Waals surface area (Å²) < 4.78 is 5.87. The van der Waals surface area contributed by atoms with Gasteiger partial charge in [0.05, 0.1) is 0 Å². The molecule has 0 unspecified atom stereocenters. The summed E-state index contributed by atoms with van der Waals surface area (Å²) in [5.74, 6) is 1.29. The first-order valence-corrected chi connectivity index (χ1v) is 12.1. The van der Waals surface area contributed by atoms with Gasteiger partial charge in [-0.3, -0.25) is 0 Å². The first kappa shape index (κ1) is 23.1. The van der Waals surface area contributed by atoms with Crippen LogP contribution in [0, 0.1) is 11.3 Å². The van der Waals surface area contributed by atoms with Crippen molar-refractivity contribution in [2.75, 3.05) is 0 Å². The first-order chi connectivity index (χ1) is 15.9. The van der Waals surface area contributed by atoms with Gasteiger partial charge in [0.15, 0.2) is 0 Å². The lowest BCUT2D eigenvalue weighted by Crippen LogP contribution is -2.44. The number of amides is 1. The minimum Gasteiger partial charge on any atom is -0.410 e. The van der Waals surface area contributed by atoms with Gasteiger partial charge < -0.3 is 9.64 Å². The Kier molecular flexibility index (Phi) is 7.17. The molecule has 1 fully saturated rings. The summed E-state index contributed by atoms with van der Waals surface area (Å²) in [5.41, 5.74) is 3.71. The Morgan fingerprint density at radius 2 is 1.33 bits per heavy atom. The van der Waals surface area contributed by atoms with Gasteiger partial charge in [0.2, 0.25) is 0 Å². The molecule has 3 aromatic rings. The number of carbonyl (C=O) groups excluding carboxylic acids is 1. The average Bonchev–Trinajstić information content (AvgIpc) is 2.84. The Morgan fingerprint density at radius 3 is 1.91 bits per heavy atom. The smallest absolute Gasteiger partial charge is 0.410 e. The lowest BCUT2D eigenvalue weighted by molar-refractivity contribution is 0.0844. The van der Waals surface area contributed by atoms with E-state index in [9.17, 15) is 4.79 Å². The van der Waals surface area contributed by atoms with E-state index in [-0.39, 0.29) is 12.1 Å². The predicted octanol–water partition coefficient (Wildman–Crippen LogP) is 7.96. The maximum atomic E-state index is 13.4. The van der Waals surface area contributed by atoms with Crippen LogP contribution in [0.4, 0.5) is 4.79 Å². The minimum absolute atomic E-state index is 0.208. The number of hydrogen-bond donors (Lipinski definition) is 0. The highest BCUT2D eigenvalue weighted by Gasteiger charge is 2.34. The molecule has 0 N–H and O–H groups in total. The van der Waals surface area contributed by atoms with Crippen LogP contribution in [0.25, 0.3) is 11.1 Å². The van der Waals surface area contributed by atoms with Crippen LogP contribution in [0.2, 0.25) is 0 Å². The summed E-state index contributed by atoms with van der Waals surface area (Å²) in [4.78, 5) is 15.3. The van der Waals surface area contributed by atoms with Crippen LogP contribution in [0.5, 0.6) is 5.75 Å². The molecule has 0 aliphatic heterocycles. The van der Waals surface area contributed by atoms with Gasteiger partial charge in [-0.15, -0.1) is 0 Å². The third-order valence-electron chi connectivity index (χ3n) is 6.96. The molecule has 3 nitrogen and oxygen atoms in total. The van der Waals surface area contributed by atoms with Crippen LogP contribution in [0.3, 0.4) is 0 Å². The molecule has 1 saturated carbocycles. The fraction of sp³-hybridized carbons (Fsp3) is 0.367. The Hall–Kier alpha value is -3.07. The topological polar surface area (TPSA) is 29.5 Å². The average molecular weight is 442 g/mol. The second-order valence-corrected chi connectivity index (χ2v) is 10.2. The van der Waals surface area contributed by atoms with Gasteiger partial charge in [-0.2, -0.15) is 0 Å². The van der Waals surface area contributed by atoms with Crippen molar-refractivity contribution in [1.82, 2.24) is 4.90 Å². The van der Waals surface area contributed by atoms with E-state index in [1.54, 1.807) is 0 Å². The molecule has 0 bridgehead atoms. The number of carbonyl (C=O) groups is 1. The Bertz CT molecular complexity index is 1010. The summed E-state index contributed by atoms with van der Waals surface area (Å²) >= 11 is 0. The molecule has 0 spiro atoms. The van der Waals surface area contributed by atoms with E-state index in [0.717, 1.165) is 42.4 Å². The van der Waals surface area contributed by atoms with Gasteiger partial charge in [-0.05, 0) is 65.8 Å². The van der Waals surface area contributed by atoms with Crippen LogP contribution >= 0.6 is 0 Å². The molecular formula is C30H35NO2. The van der Waals surface area contributed by atoms with Crippen LogP contribution in [-0.4, -0.2) is 17.0 Å². The molecule has 0 radical (unpaired) electrons. The van der Waals surface area contributed by atoms with E-state index in [2.05, 4.69) is 45.0 Å². The number of ether oxygens (including phenoxy) is 1. The minimum atomic E-state index is -0.259. The fourth-order valence-electron chi connectivity index (χ4n) is 4.88. The van der Waals surface area contributed by atoms with Crippen LogP contribution in [-0.2, 0) is 6.54 Å². The summed E-state index contributed by atoms with van der Waals surface area (Å²) in [5, 5.41) is 0. The molecule has 3 aromatic carbocycles. The molecule has 33 heavy (non-hydrogen) atoms. The van der Waals surface area contributed by atoms with Crippen LogP contribution in [0.1, 0.15) is 52.0 Å². The zero-order chi connectivity index (χ0) is 23.3. The van der Waals surface area contributed by atoms with Crippen molar-refractivity contribution >= 4 is 6.09 Å². The number of benzene rings is 3. The Morgan fingerprint density at radius 1 is 0.788 bits per heavy atom. The van der Waals surface area contributed by atoms with Gasteiger partial charge in [0, 0.05) is 12.6 Å². The Labute approximate surface area is 198 Å². The quantitative estimate of drug-likeness (QED) is 0.402. The fourth-order valence-corrected chi connectivity index (χ4v) is 4.88. The summed E-state index contributed by atoms with van der Waals surface area (Å²) in [7, 11) is 0. The monoisotopic (exact) mass is 441 g/mol. The van der Waals surface area contributed by atoms with E-state index in [0.29, 0.717) is 23.6 Å². The maximum Gasteiger partial charge on any atom is 0.415 e. The molecule has 1 aliphatic carbocycles. The number of rotatable bonds is 5. The molecule has 172 valence electrons. The van der Waals surface area contributed by atoms with Crippen molar-refractivity contribution in [2.24, 2.45) is 11.3 Å². The lowest BCUT2D eigenvalue weighted by atomic mass is 9.71. The first-order valence-electron chi connectivity index (χ1n) is 12.1. The predicted molar refractivity (Wildman–Crippen MR) is 135 cm³/mol. The van der Waals surface area contributed by atoms with E-state index in [4.69, 9.17) is 4.74 Å². The van der Waals surface area contributed by atoms with Crippen LogP contribution < -0.4 is 4.74 Å². The highest BCUT2D eigenvalue weighted by atomic mass is 16.6. The van der Waals surface area contributed by atoms with Gasteiger partial charge in [-0.25, -0.2) is 4.79 Å². The maximum absolute atomic E-state index is 13.4. The SMILES string of the molecule is CC(C)(C)C1CCC(N(Cc2ccccc2)C(=O)Oc2ccc(-c3ccccc3)cc2)CC1. The van der Waals surface area contributed by atoms with E-state index < -0.39 is 0 Å². The Balaban J connectivity index is 1.47. The van der Waals surface area contributed by atoms with E-state index in [1.165, 1.54) is 0 Å². The van der Waals surface area contributed by atoms with Crippen molar-refractivity contribution in [3.8, 4) is 16.9 Å². The molecule has 0 aromatic heterocycles. The van der Waals surface area contributed by atoms with Crippen molar-refractivity contribution in [2.45, 2.75) is 59.0 Å². The molecular weight excluding hydrogens is 406 g/mol. The third-order valence-corrected chi connectivity index (χ3v) is 6.96. The molecule has 0 heterocycles. The highest BCUT2D eigenvalue weighted by Crippen LogP contribution is 2.39. The summed E-state index contributed by atoms with van der Waals surface area (Å²) in [6.07, 6.45) is 4.09. The van der Waals surface area contributed by atoms with Gasteiger partial charge in [0.25, 0.3) is 0 Å². The largest absolute Gasteiger partial charge is 0.415 e. The normalized spacial score (nSPS) is 18.5. The standard InChI is InChI=1S/C30H35NO2/c1-30(2,3)26-16-18-27(19-17-26)31(22-23-10-6-4-7-11-23)29(32)33-28-20-14-25(15-21-28)24-12-8-5-9-13-24/h4-15,20-21,26-27H,16-19,22H2,1-3H3. The molecule has 3 heteroatoms. The van der Waals surface area contributed by atoms with Crippen molar-refractivity contribution in [3.05, 3.63) is 90.5 Å². The third kappa shape index (κ3) is 6.04. The lowest BCUT2D eigenvalue weighted by Gasteiger charge is -2.40. The molecule has 0 saturated heterocycles. The van der Waals surface area contributed by atoms with Crippen molar-refractivity contribution in [3.63, 3.8) is 0 Å². The van der Waals surface area contributed by atoms with E-state index in [1.807, 2.05) is 65.6 Å².